The van der Waals surface area contributed by atoms with Gasteiger partial charge in [0.15, 0.2) is 5.65 Å². The summed E-state index contributed by atoms with van der Waals surface area (Å²) in [6, 6.07) is 3.67. The molecule has 8 heteroatoms. The Morgan fingerprint density at radius 3 is 2.79 bits per heavy atom. The first-order valence-corrected chi connectivity index (χ1v) is 9.84. The van der Waals surface area contributed by atoms with Crippen molar-refractivity contribution in [2.24, 2.45) is 0 Å². The molecule has 0 atom stereocenters. The predicted molar refractivity (Wildman–Crippen MR) is 110 cm³/mol. The molecule has 1 saturated heterocycles. The molecule has 1 aliphatic rings. The number of nitrogens with zero attached hydrogens (tertiary/aromatic N) is 5. The van der Waals surface area contributed by atoms with Gasteiger partial charge in [-0.25, -0.2) is 14.4 Å². The summed E-state index contributed by atoms with van der Waals surface area (Å²) in [4.78, 5) is 9.10. The summed E-state index contributed by atoms with van der Waals surface area (Å²) in [6.07, 6.45) is 7.41. The molecule has 0 amide bonds. The Labute approximate surface area is 167 Å². The highest BCUT2D eigenvalue weighted by atomic mass is 19.1. The Bertz CT molecular complexity index is 1210. The van der Waals surface area contributed by atoms with E-state index in [0.717, 1.165) is 43.0 Å². The molecule has 1 aliphatic heterocycles. The van der Waals surface area contributed by atoms with E-state index in [1.807, 2.05) is 36.7 Å². The second-order valence-electron chi connectivity index (χ2n) is 7.60. The fourth-order valence-corrected chi connectivity index (χ4v) is 4.01. The molecule has 0 spiro atoms. The minimum Gasteiger partial charge on any atom is -0.380 e. The van der Waals surface area contributed by atoms with Crippen LogP contribution in [-0.4, -0.2) is 43.7 Å². The lowest BCUT2D eigenvalue weighted by atomic mass is 10.0. The molecule has 7 nitrogen and oxygen atoms in total. The molecule has 4 heterocycles. The number of benzene rings is 1. The van der Waals surface area contributed by atoms with Gasteiger partial charge in [-0.05, 0) is 51.9 Å². The fraction of sp³-hybridized carbons (Fsp3) is 0.333. The van der Waals surface area contributed by atoms with Crippen LogP contribution in [-0.2, 0) is 0 Å². The van der Waals surface area contributed by atoms with Crippen LogP contribution in [0.25, 0.3) is 27.8 Å². The number of fused-ring (bicyclic) bond motifs is 2. The van der Waals surface area contributed by atoms with Gasteiger partial charge in [-0.1, -0.05) is 0 Å². The smallest absolute Gasteiger partial charge is 0.158 e. The summed E-state index contributed by atoms with van der Waals surface area (Å²) in [7, 11) is 0. The maximum atomic E-state index is 15.2. The Morgan fingerprint density at radius 2 is 1.97 bits per heavy atom. The first-order chi connectivity index (χ1) is 14.1. The lowest BCUT2D eigenvalue weighted by Gasteiger charge is -2.25. The van der Waals surface area contributed by atoms with E-state index in [2.05, 4.69) is 30.8 Å². The lowest BCUT2D eigenvalue weighted by molar-refractivity contribution is 0.479. The van der Waals surface area contributed by atoms with Gasteiger partial charge >= 0.3 is 0 Å². The predicted octanol–water partition coefficient (Wildman–Crippen LogP) is 3.26. The third kappa shape index (κ3) is 3.29. The van der Waals surface area contributed by atoms with Gasteiger partial charge in [-0.15, -0.1) is 0 Å². The number of imidazole rings is 1. The Kier molecular flexibility index (Phi) is 4.35. The summed E-state index contributed by atoms with van der Waals surface area (Å²) < 4.78 is 17.1. The number of aromatic nitrogens is 5. The van der Waals surface area contributed by atoms with E-state index >= 15 is 4.39 Å². The van der Waals surface area contributed by atoms with E-state index < -0.39 is 0 Å². The number of piperidine rings is 1. The van der Waals surface area contributed by atoms with Gasteiger partial charge in [0, 0.05) is 24.0 Å². The van der Waals surface area contributed by atoms with Gasteiger partial charge in [0.1, 0.15) is 5.82 Å². The van der Waals surface area contributed by atoms with E-state index in [-0.39, 0.29) is 5.82 Å². The van der Waals surface area contributed by atoms with E-state index in [1.54, 1.807) is 6.20 Å². The standard InChI is InChI=1S/C21H22FN7/c1-12-10-29-11-19(26-13(2)21(29)25-12)14-7-16(22)20-17(8-14)28-24-9-18(20)27-15-3-5-23-6-4-15/h7-11,15,23H,3-6H2,1-2H3,(H,27,28). The Balaban J connectivity index is 1.58. The van der Waals surface area contributed by atoms with Crippen LogP contribution in [0.15, 0.2) is 30.7 Å². The monoisotopic (exact) mass is 391 g/mol. The number of hydrogen-bond acceptors (Lipinski definition) is 6. The van der Waals surface area contributed by atoms with E-state index in [0.29, 0.717) is 33.9 Å². The first kappa shape index (κ1) is 17.9. The molecule has 0 bridgehead atoms. The molecule has 3 aromatic heterocycles. The minimum atomic E-state index is -0.329. The highest BCUT2D eigenvalue weighted by molar-refractivity contribution is 5.93. The molecule has 0 aliphatic carbocycles. The summed E-state index contributed by atoms with van der Waals surface area (Å²) in [6.45, 7) is 5.77. The van der Waals surface area contributed by atoms with Crippen LogP contribution in [0.3, 0.4) is 0 Å². The molecule has 148 valence electrons. The van der Waals surface area contributed by atoms with Gasteiger partial charge in [-0.2, -0.15) is 10.2 Å². The van der Waals surface area contributed by atoms with Crippen molar-refractivity contribution in [2.75, 3.05) is 18.4 Å². The summed E-state index contributed by atoms with van der Waals surface area (Å²) in [5.74, 6) is -0.329. The molecule has 0 unspecified atom stereocenters. The van der Waals surface area contributed by atoms with Gasteiger partial charge in [0.25, 0.3) is 0 Å². The number of rotatable bonds is 3. The SMILES string of the molecule is Cc1cn2cc(-c3cc(F)c4c(NC5CCNCC5)cnnc4c3)nc(C)c2n1. The minimum absolute atomic E-state index is 0.305. The summed E-state index contributed by atoms with van der Waals surface area (Å²) in [5.41, 5.74) is 5.06. The molecule has 1 aromatic carbocycles. The van der Waals surface area contributed by atoms with Crippen molar-refractivity contribution in [2.45, 2.75) is 32.7 Å². The van der Waals surface area contributed by atoms with Crippen molar-refractivity contribution in [3.05, 3.63) is 47.9 Å². The highest BCUT2D eigenvalue weighted by Gasteiger charge is 2.17. The van der Waals surface area contributed by atoms with Crippen LogP contribution in [0.5, 0.6) is 0 Å². The number of hydrogen-bond donors (Lipinski definition) is 2. The van der Waals surface area contributed by atoms with Gasteiger partial charge < -0.3 is 15.0 Å². The van der Waals surface area contributed by atoms with Gasteiger partial charge in [0.05, 0.1) is 39.9 Å². The van der Waals surface area contributed by atoms with Gasteiger partial charge in [-0.3, -0.25) is 0 Å². The summed E-state index contributed by atoms with van der Waals surface area (Å²) >= 11 is 0. The molecular weight excluding hydrogens is 369 g/mol. The van der Waals surface area contributed by atoms with Crippen LogP contribution in [0.4, 0.5) is 10.1 Å². The topological polar surface area (TPSA) is 80.0 Å². The van der Waals surface area contributed by atoms with Crippen molar-refractivity contribution in [3.63, 3.8) is 0 Å². The molecule has 29 heavy (non-hydrogen) atoms. The number of aryl methyl sites for hydroxylation is 2. The van der Waals surface area contributed by atoms with E-state index in [1.165, 1.54) is 6.07 Å². The molecule has 0 radical (unpaired) electrons. The number of nitrogens with one attached hydrogen (secondary N) is 2. The molecule has 5 rings (SSSR count). The highest BCUT2D eigenvalue weighted by Crippen LogP contribution is 2.30. The van der Waals surface area contributed by atoms with Gasteiger partial charge in [0.2, 0.25) is 0 Å². The van der Waals surface area contributed by atoms with Crippen LogP contribution in [0.1, 0.15) is 24.2 Å². The Morgan fingerprint density at radius 1 is 1.14 bits per heavy atom. The van der Waals surface area contributed by atoms with Crippen LogP contribution in [0.2, 0.25) is 0 Å². The molecule has 0 saturated carbocycles. The second-order valence-corrected chi connectivity index (χ2v) is 7.60. The molecule has 4 aromatic rings. The third-order valence-corrected chi connectivity index (χ3v) is 5.41. The maximum Gasteiger partial charge on any atom is 0.158 e. The zero-order valence-electron chi connectivity index (χ0n) is 16.4. The van der Waals surface area contributed by atoms with E-state index in [9.17, 15) is 0 Å². The number of anilines is 1. The zero-order valence-corrected chi connectivity index (χ0v) is 16.4. The van der Waals surface area contributed by atoms with Crippen molar-refractivity contribution >= 4 is 22.2 Å². The largest absolute Gasteiger partial charge is 0.380 e. The molecule has 1 fully saturated rings. The molecule has 2 N–H and O–H groups in total. The van der Waals surface area contributed by atoms with Crippen molar-refractivity contribution < 1.29 is 4.39 Å². The van der Waals surface area contributed by atoms with Crippen LogP contribution >= 0.6 is 0 Å². The summed E-state index contributed by atoms with van der Waals surface area (Å²) in [5, 5.41) is 15.5. The van der Waals surface area contributed by atoms with Crippen LogP contribution in [0, 0.1) is 19.7 Å². The maximum absolute atomic E-state index is 15.2. The Hall–Kier alpha value is -3.13. The average Bonchev–Trinajstić information content (AvgIpc) is 3.09. The van der Waals surface area contributed by atoms with Crippen LogP contribution < -0.4 is 10.6 Å². The quantitative estimate of drug-likeness (QED) is 0.558. The third-order valence-electron chi connectivity index (χ3n) is 5.41. The number of halogens is 1. The zero-order chi connectivity index (χ0) is 20.0. The van der Waals surface area contributed by atoms with Crippen molar-refractivity contribution in [3.8, 4) is 11.3 Å². The van der Waals surface area contributed by atoms with E-state index in [4.69, 9.17) is 0 Å². The van der Waals surface area contributed by atoms with Crippen molar-refractivity contribution in [1.82, 2.24) is 29.9 Å². The average molecular weight is 391 g/mol. The molecular formula is C21H22FN7. The van der Waals surface area contributed by atoms with Crippen molar-refractivity contribution in [1.29, 1.82) is 0 Å². The normalized spacial score (nSPS) is 15.3. The first-order valence-electron chi connectivity index (χ1n) is 9.84. The second kappa shape index (κ2) is 7.04. The lowest BCUT2D eigenvalue weighted by Crippen LogP contribution is -2.35. The fourth-order valence-electron chi connectivity index (χ4n) is 4.01.